The SMILES string of the molecule is CCN1C(=O)OCCc2ccc(Nc3ncc(Cl)c(Nc4ccsc4C(=O)NC)n3)cc21. The van der Waals surface area contributed by atoms with E-state index in [1.54, 1.807) is 23.4 Å². The number of halogens is 1. The van der Waals surface area contributed by atoms with E-state index in [-0.39, 0.29) is 12.0 Å². The Morgan fingerprint density at radius 3 is 2.94 bits per heavy atom. The summed E-state index contributed by atoms with van der Waals surface area (Å²) in [4.78, 5) is 35.1. The van der Waals surface area contributed by atoms with Gasteiger partial charge in [-0.3, -0.25) is 9.69 Å². The molecular formula is C21H21ClN6O3S. The van der Waals surface area contributed by atoms with E-state index in [9.17, 15) is 9.59 Å². The van der Waals surface area contributed by atoms with Gasteiger partial charge < -0.3 is 20.7 Å². The van der Waals surface area contributed by atoms with Crippen molar-refractivity contribution >= 4 is 63.8 Å². The van der Waals surface area contributed by atoms with E-state index in [0.29, 0.717) is 52.6 Å². The van der Waals surface area contributed by atoms with Crippen LogP contribution in [-0.2, 0) is 11.2 Å². The van der Waals surface area contributed by atoms with Crippen LogP contribution in [-0.4, -0.2) is 42.2 Å². The molecule has 1 aliphatic heterocycles. The Balaban J connectivity index is 1.59. The smallest absolute Gasteiger partial charge is 0.414 e. The molecule has 0 bridgehead atoms. The second kappa shape index (κ2) is 9.41. The molecule has 2 aromatic heterocycles. The topological polar surface area (TPSA) is 108 Å². The third-order valence-corrected chi connectivity index (χ3v) is 6.05. The number of anilines is 5. The van der Waals surface area contributed by atoms with E-state index in [2.05, 4.69) is 25.9 Å². The number of nitrogens with one attached hydrogen (secondary N) is 3. The summed E-state index contributed by atoms with van der Waals surface area (Å²) in [5.41, 5.74) is 3.14. The fourth-order valence-corrected chi connectivity index (χ4v) is 4.23. The Morgan fingerprint density at radius 1 is 1.31 bits per heavy atom. The quantitative estimate of drug-likeness (QED) is 0.482. The molecule has 0 saturated carbocycles. The second-order valence-corrected chi connectivity index (χ2v) is 8.16. The summed E-state index contributed by atoms with van der Waals surface area (Å²) >= 11 is 7.59. The van der Waals surface area contributed by atoms with Gasteiger partial charge in [0.1, 0.15) is 9.90 Å². The highest BCUT2D eigenvalue weighted by molar-refractivity contribution is 7.12. The van der Waals surface area contributed by atoms with Gasteiger partial charge in [-0.2, -0.15) is 4.98 Å². The maximum Gasteiger partial charge on any atom is 0.414 e. The van der Waals surface area contributed by atoms with Crippen molar-refractivity contribution in [3.63, 3.8) is 0 Å². The van der Waals surface area contributed by atoms with E-state index in [1.165, 1.54) is 17.5 Å². The Kier molecular flexibility index (Phi) is 6.42. The van der Waals surface area contributed by atoms with E-state index >= 15 is 0 Å². The van der Waals surface area contributed by atoms with Crippen LogP contribution < -0.4 is 20.9 Å². The highest BCUT2D eigenvalue weighted by Crippen LogP contribution is 2.31. The van der Waals surface area contributed by atoms with Gasteiger partial charge in [0, 0.05) is 25.7 Å². The number of aromatic nitrogens is 2. The molecule has 2 amide bonds. The van der Waals surface area contributed by atoms with Gasteiger partial charge in [0.15, 0.2) is 5.82 Å². The van der Waals surface area contributed by atoms with Gasteiger partial charge in [-0.05, 0) is 36.1 Å². The number of amides is 2. The van der Waals surface area contributed by atoms with Gasteiger partial charge >= 0.3 is 6.09 Å². The van der Waals surface area contributed by atoms with Crippen LogP contribution >= 0.6 is 22.9 Å². The molecule has 0 atom stereocenters. The van der Waals surface area contributed by atoms with E-state index in [4.69, 9.17) is 16.3 Å². The number of carbonyl (C=O) groups is 2. The highest BCUT2D eigenvalue weighted by atomic mass is 35.5. The number of hydrogen-bond donors (Lipinski definition) is 3. The number of benzene rings is 1. The number of hydrogen-bond acceptors (Lipinski definition) is 8. The standard InChI is InChI=1S/C21H21ClN6O3S/c1-3-28-16-10-13(5-4-12(16)6-8-31-21(28)30)25-20-24-11-14(22)18(27-20)26-15-7-9-32-17(15)19(29)23-2/h4-5,7,9-11H,3,6,8H2,1-2H3,(H,23,29)(H2,24,25,26,27). The van der Waals surface area contributed by atoms with Crippen LogP contribution in [0.15, 0.2) is 35.8 Å². The molecule has 166 valence electrons. The molecule has 0 fully saturated rings. The van der Waals surface area contributed by atoms with Crippen molar-refractivity contribution in [2.45, 2.75) is 13.3 Å². The van der Waals surface area contributed by atoms with Gasteiger partial charge in [-0.15, -0.1) is 11.3 Å². The molecule has 3 aromatic rings. The molecule has 0 aliphatic carbocycles. The monoisotopic (exact) mass is 472 g/mol. The molecule has 11 heteroatoms. The average Bonchev–Trinajstić information content (AvgIpc) is 3.19. The zero-order chi connectivity index (χ0) is 22.7. The molecular weight excluding hydrogens is 452 g/mol. The number of nitrogens with zero attached hydrogens (tertiary/aromatic N) is 3. The third kappa shape index (κ3) is 4.46. The van der Waals surface area contributed by atoms with Crippen molar-refractivity contribution in [3.05, 3.63) is 51.3 Å². The number of cyclic esters (lactones) is 1. The van der Waals surface area contributed by atoms with Crippen LogP contribution in [0.3, 0.4) is 0 Å². The van der Waals surface area contributed by atoms with Gasteiger partial charge in [0.25, 0.3) is 5.91 Å². The predicted octanol–water partition coefficient (Wildman–Crippen LogP) is 4.56. The fourth-order valence-electron chi connectivity index (χ4n) is 3.30. The van der Waals surface area contributed by atoms with Crippen LogP contribution in [0.2, 0.25) is 5.02 Å². The van der Waals surface area contributed by atoms with E-state index in [0.717, 1.165) is 11.3 Å². The minimum Gasteiger partial charge on any atom is -0.449 e. The molecule has 32 heavy (non-hydrogen) atoms. The number of ether oxygens (including phenoxy) is 1. The predicted molar refractivity (Wildman–Crippen MR) is 126 cm³/mol. The maximum atomic E-state index is 12.2. The Labute approximate surface area is 193 Å². The van der Waals surface area contributed by atoms with Gasteiger partial charge in [0.05, 0.1) is 24.2 Å². The fraction of sp³-hybridized carbons (Fsp3) is 0.238. The van der Waals surface area contributed by atoms with Crippen molar-refractivity contribution in [1.82, 2.24) is 15.3 Å². The molecule has 3 N–H and O–H groups in total. The molecule has 0 spiro atoms. The lowest BCUT2D eigenvalue weighted by molar-refractivity contribution is 0.0967. The summed E-state index contributed by atoms with van der Waals surface area (Å²) in [6.07, 6.45) is 1.77. The molecule has 0 saturated heterocycles. The largest absolute Gasteiger partial charge is 0.449 e. The Hall–Kier alpha value is -3.37. The lowest BCUT2D eigenvalue weighted by Crippen LogP contribution is -2.30. The van der Waals surface area contributed by atoms with E-state index in [1.807, 2.05) is 25.1 Å². The zero-order valence-electron chi connectivity index (χ0n) is 17.4. The van der Waals surface area contributed by atoms with Crippen LogP contribution in [0.5, 0.6) is 0 Å². The summed E-state index contributed by atoms with van der Waals surface area (Å²) < 4.78 is 5.25. The van der Waals surface area contributed by atoms with Crippen LogP contribution in [0.4, 0.5) is 33.6 Å². The lowest BCUT2D eigenvalue weighted by Gasteiger charge is -2.20. The number of carbonyl (C=O) groups excluding carboxylic acids is 2. The Morgan fingerprint density at radius 2 is 2.16 bits per heavy atom. The second-order valence-electron chi connectivity index (χ2n) is 6.83. The van der Waals surface area contributed by atoms with Gasteiger partial charge in [-0.1, -0.05) is 17.7 Å². The minimum absolute atomic E-state index is 0.199. The summed E-state index contributed by atoms with van der Waals surface area (Å²) in [6, 6.07) is 7.51. The van der Waals surface area contributed by atoms with Crippen molar-refractivity contribution in [3.8, 4) is 0 Å². The molecule has 0 unspecified atom stereocenters. The highest BCUT2D eigenvalue weighted by Gasteiger charge is 2.22. The summed E-state index contributed by atoms with van der Waals surface area (Å²) in [5.74, 6) is 0.476. The van der Waals surface area contributed by atoms with Crippen molar-refractivity contribution in [2.24, 2.45) is 0 Å². The average molecular weight is 473 g/mol. The van der Waals surface area contributed by atoms with Crippen LogP contribution in [0.25, 0.3) is 0 Å². The first kappa shape index (κ1) is 21.8. The summed E-state index contributed by atoms with van der Waals surface area (Å²) in [5, 5.41) is 11.0. The summed E-state index contributed by atoms with van der Waals surface area (Å²) in [6.45, 7) is 2.74. The maximum absolute atomic E-state index is 12.2. The molecule has 0 radical (unpaired) electrons. The normalized spacial score (nSPS) is 13.1. The molecule has 1 aliphatic rings. The molecule has 9 nitrogen and oxygen atoms in total. The van der Waals surface area contributed by atoms with Crippen molar-refractivity contribution in [1.29, 1.82) is 0 Å². The van der Waals surface area contributed by atoms with Crippen LogP contribution in [0.1, 0.15) is 22.2 Å². The van der Waals surface area contributed by atoms with Crippen molar-refractivity contribution in [2.75, 3.05) is 35.7 Å². The Bertz CT molecular complexity index is 1170. The molecule has 3 heterocycles. The minimum atomic E-state index is -0.361. The first-order valence-corrected chi connectivity index (χ1v) is 11.2. The van der Waals surface area contributed by atoms with Crippen molar-refractivity contribution < 1.29 is 14.3 Å². The van der Waals surface area contributed by atoms with Crippen LogP contribution in [0, 0.1) is 0 Å². The molecule has 4 rings (SSSR count). The number of thiophene rings is 1. The lowest BCUT2D eigenvalue weighted by atomic mass is 10.1. The van der Waals surface area contributed by atoms with Gasteiger partial charge in [0.2, 0.25) is 5.95 Å². The number of fused-ring (bicyclic) bond motifs is 1. The van der Waals surface area contributed by atoms with Gasteiger partial charge in [-0.25, -0.2) is 9.78 Å². The zero-order valence-corrected chi connectivity index (χ0v) is 19.0. The first-order chi connectivity index (χ1) is 15.5. The number of rotatable bonds is 6. The van der Waals surface area contributed by atoms with E-state index < -0.39 is 0 Å². The third-order valence-electron chi connectivity index (χ3n) is 4.86. The first-order valence-electron chi connectivity index (χ1n) is 9.93. The molecule has 1 aromatic carbocycles. The summed E-state index contributed by atoms with van der Waals surface area (Å²) in [7, 11) is 1.57.